The van der Waals surface area contributed by atoms with E-state index in [0.29, 0.717) is 12.1 Å². The van der Waals surface area contributed by atoms with Crippen molar-refractivity contribution in [1.82, 2.24) is 20.0 Å². The number of nitrogens with one attached hydrogen (secondary N) is 1. The Kier molecular flexibility index (Phi) is 5.35. The van der Waals surface area contributed by atoms with E-state index in [2.05, 4.69) is 15.3 Å². The van der Waals surface area contributed by atoms with Gasteiger partial charge >= 0.3 is 0 Å². The largest absolute Gasteiger partial charge is 0.329 e. The van der Waals surface area contributed by atoms with Crippen molar-refractivity contribution >= 4 is 34.0 Å². The maximum atomic E-state index is 13.4. The number of carbonyl (C=O) groups excluding carboxylic acids is 1. The Morgan fingerprint density at radius 2 is 1.88 bits per heavy atom. The average Bonchev–Trinajstić information content (AvgIpc) is 3.48. The van der Waals surface area contributed by atoms with Crippen LogP contribution in [0.4, 0.5) is 5.69 Å². The number of aromatic nitrogens is 4. The molecule has 5 rings (SSSR count). The number of H-pyrrole nitrogens is 1. The van der Waals surface area contributed by atoms with E-state index in [-0.39, 0.29) is 18.0 Å². The number of para-hydroxylation sites is 1. The van der Waals surface area contributed by atoms with Crippen LogP contribution < -0.4 is 10.5 Å². The van der Waals surface area contributed by atoms with Gasteiger partial charge in [0.15, 0.2) is 0 Å². The van der Waals surface area contributed by atoms with Gasteiger partial charge in [-0.05, 0) is 64.4 Å². The fourth-order valence-corrected chi connectivity index (χ4v) is 4.27. The highest BCUT2D eigenvalue weighted by atomic mass is 32.1. The van der Waals surface area contributed by atoms with E-state index in [1.807, 2.05) is 65.4 Å². The summed E-state index contributed by atoms with van der Waals surface area (Å²) in [7, 11) is 0. The zero-order valence-corrected chi connectivity index (χ0v) is 17.8. The number of hydrogen-bond donors (Lipinski definition) is 1. The highest BCUT2D eigenvalue weighted by Crippen LogP contribution is 2.24. The predicted molar refractivity (Wildman–Crippen MR) is 126 cm³/mol. The first-order valence-corrected chi connectivity index (χ1v) is 11.0. The van der Waals surface area contributed by atoms with E-state index in [1.165, 1.54) is 0 Å². The lowest BCUT2D eigenvalue weighted by Crippen LogP contribution is -2.33. The molecule has 0 fully saturated rings. The van der Waals surface area contributed by atoms with Gasteiger partial charge in [-0.2, -0.15) is 11.3 Å². The lowest BCUT2D eigenvalue weighted by molar-refractivity contribution is -0.119. The van der Waals surface area contributed by atoms with Crippen LogP contribution in [0.1, 0.15) is 5.56 Å². The molecule has 1 amide bonds. The quantitative estimate of drug-likeness (QED) is 0.430. The monoisotopic (exact) mass is 441 g/mol. The van der Waals surface area contributed by atoms with E-state index in [0.717, 1.165) is 27.8 Å². The standard InChI is InChI=1S/C24H19N5O2S/c30-23(15-29-22-6-2-1-5-21(22)26-27-29)28(14-17-11-13-32-16-17)19-9-7-18(8-10-19)20-4-3-12-25-24(20)31/h1-13,16H,14-15H2,(H,25,31). The molecule has 0 radical (unpaired) electrons. The first-order chi connectivity index (χ1) is 15.7. The van der Waals surface area contributed by atoms with Crippen molar-refractivity contribution in [2.75, 3.05) is 4.90 Å². The number of benzene rings is 2. The third kappa shape index (κ3) is 3.95. The first-order valence-electron chi connectivity index (χ1n) is 10.1. The van der Waals surface area contributed by atoms with Crippen molar-refractivity contribution in [1.29, 1.82) is 0 Å². The number of pyridine rings is 1. The lowest BCUT2D eigenvalue weighted by atomic mass is 10.1. The summed E-state index contributed by atoms with van der Waals surface area (Å²) in [5, 5.41) is 12.3. The second kappa shape index (κ2) is 8.60. The summed E-state index contributed by atoms with van der Waals surface area (Å²) in [6, 6.07) is 20.6. The molecule has 0 aliphatic rings. The highest BCUT2D eigenvalue weighted by Gasteiger charge is 2.19. The number of aromatic amines is 1. The van der Waals surface area contributed by atoms with Crippen molar-refractivity contribution in [2.45, 2.75) is 13.1 Å². The molecule has 1 N–H and O–H groups in total. The maximum Gasteiger partial charge on any atom is 0.255 e. The van der Waals surface area contributed by atoms with Crippen LogP contribution in [0.2, 0.25) is 0 Å². The maximum absolute atomic E-state index is 13.4. The van der Waals surface area contributed by atoms with E-state index < -0.39 is 0 Å². The minimum absolute atomic E-state index is 0.0742. The predicted octanol–water partition coefficient (Wildman–Crippen LogP) is 4.08. The van der Waals surface area contributed by atoms with Gasteiger partial charge in [-0.1, -0.05) is 29.5 Å². The van der Waals surface area contributed by atoms with E-state index in [1.54, 1.807) is 39.2 Å². The average molecular weight is 442 g/mol. The summed E-state index contributed by atoms with van der Waals surface area (Å²) in [6.45, 7) is 0.519. The molecule has 0 spiro atoms. The van der Waals surface area contributed by atoms with Gasteiger partial charge in [0.05, 0.1) is 12.1 Å². The molecule has 158 valence electrons. The molecule has 0 aliphatic heterocycles. The van der Waals surface area contributed by atoms with Gasteiger partial charge in [-0.25, -0.2) is 4.68 Å². The summed E-state index contributed by atoms with van der Waals surface area (Å²) in [4.78, 5) is 29.9. The number of amides is 1. The summed E-state index contributed by atoms with van der Waals surface area (Å²) in [5.41, 5.74) is 4.60. The lowest BCUT2D eigenvalue weighted by Gasteiger charge is -2.23. The molecule has 0 atom stereocenters. The van der Waals surface area contributed by atoms with Crippen LogP contribution in [0, 0.1) is 0 Å². The molecule has 5 aromatic rings. The molecule has 0 saturated carbocycles. The Labute approximate surface area is 187 Å². The van der Waals surface area contributed by atoms with Crippen molar-refractivity contribution in [2.24, 2.45) is 0 Å². The Hall–Kier alpha value is -4.04. The second-order valence-electron chi connectivity index (χ2n) is 7.31. The van der Waals surface area contributed by atoms with Gasteiger partial charge < -0.3 is 9.88 Å². The third-order valence-electron chi connectivity index (χ3n) is 5.24. The molecule has 0 bridgehead atoms. The zero-order chi connectivity index (χ0) is 21.9. The Bertz CT molecular complexity index is 1420. The van der Waals surface area contributed by atoms with E-state index in [9.17, 15) is 9.59 Å². The topological polar surface area (TPSA) is 83.9 Å². The van der Waals surface area contributed by atoms with E-state index >= 15 is 0 Å². The van der Waals surface area contributed by atoms with Crippen molar-refractivity contribution in [3.63, 3.8) is 0 Å². The SMILES string of the molecule is O=C(Cn1nnc2ccccc21)N(Cc1ccsc1)c1ccc(-c2ccc[nH]c2=O)cc1. The number of hydrogen-bond acceptors (Lipinski definition) is 5. The number of rotatable bonds is 6. The molecule has 7 nitrogen and oxygen atoms in total. The summed E-state index contributed by atoms with van der Waals surface area (Å²) < 4.78 is 1.62. The van der Waals surface area contributed by atoms with Crippen LogP contribution in [-0.2, 0) is 17.9 Å². The third-order valence-corrected chi connectivity index (χ3v) is 5.97. The second-order valence-corrected chi connectivity index (χ2v) is 8.09. The number of carbonyl (C=O) groups is 1. The van der Waals surface area contributed by atoms with Gasteiger partial charge in [-0.3, -0.25) is 9.59 Å². The van der Waals surface area contributed by atoms with Crippen LogP contribution in [-0.4, -0.2) is 25.9 Å². The Morgan fingerprint density at radius 1 is 1.03 bits per heavy atom. The van der Waals surface area contributed by atoms with Gasteiger partial charge in [0.25, 0.3) is 5.56 Å². The van der Waals surface area contributed by atoms with E-state index in [4.69, 9.17) is 0 Å². The molecule has 32 heavy (non-hydrogen) atoms. The number of thiophene rings is 1. The Morgan fingerprint density at radius 3 is 2.66 bits per heavy atom. The van der Waals surface area contributed by atoms with Crippen LogP contribution in [0.25, 0.3) is 22.2 Å². The summed E-state index contributed by atoms with van der Waals surface area (Å²) in [6.07, 6.45) is 1.61. The van der Waals surface area contributed by atoms with Crippen molar-refractivity contribution < 1.29 is 4.79 Å². The normalized spacial score (nSPS) is 11.0. The first kappa shape index (κ1) is 19.9. The van der Waals surface area contributed by atoms with Gasteiger partial charge in [0.2, 0.25) is 5.91 Å². The minimum Gasteiger partial charge on any atom is -0.329 e. The van der Waals surface area contributed by atoms with Crippen LogP contribution in [0.15, 0.2) is 88.5 Å². The fourth-order valence-electron chi connectivity index (χ4n) is 3.61. The molecule has 0 saturated heterocycles. The highest BCUT2D eigenvalue weighted by molar-refractivity contribution is 7.07. The summed E-state index contributed by atoms with van der Waals surface area (Å²) in [5.74, 6) is -0.0999. The summed E-state index contributed by atoms with van der Waals surface area (Å²) >= 11 is 1.59. The molecule has 2 aromatic carbocycles. The van der Waals surface area contributed by atoms with Crippen LogP contribution >= 0.6 is 11.3 Å². The molecule has 3 heterocycles. The molecule has 8 heteroatoms. The molecular formula is C24H19N5O2S. The van der Waals surface area contributed by atoms with Gasteiger partial charge in [0, 0.05) is 17.4 Å². The number of anilines is 1. The molecule has 0 aliphatic carbocycles. The number of nitrogens with zero attached hydrogens (tertiary/aromatic N) is 4. The van der Waals surface area contributed by atoms with Crippen molar-refractivity contribution in [3.8, 4) is 11.1 Å². The van der Waals surface area contributed by atoms with Crippen LogP contribution in [0.5, 0.6) is 0 Å². The zero-order valence-electron chi connectivity index (χ0n) is 17.0. The van der Waals surface area contributed by atoms with Crippen molar-refractivity contribution in [3.05, 3.63) is 99.6 Å². The minimum atomic E-state index is -0.149. The van der Waals surface area contributed by atoms with Crippen LogP contribution in [0.3, 0.4) is 0 Å². The molecular weight excluding hydrogens is 422 g/mol. The number of fused-ring (bicyclic) bond motifs is 1. The Balaban J connectivity index is 1.46. The molecule has 0 unspecified atom stereocenters. The van der Waals surface area contributed by atoms with Gasteiger partial charge in [-0.15, -0.1) is 5.10 Å². The van der Waals surface area contributed by atoms with Gasteiger partial charge in [0.1, 0.15) is 12.1 Å². The fraction of sp³-hybridized carbons (Fsp3) is 0.0833. The smallest absolute Gasteiger partial charge is 0.255 e. The molecule has 3 aromatic heterocycles.